The van der Waals surface area contributed by atoms with Gasteiger partial charge >= 0.3 is 5.97 Å². The van der Waals surface area contributed by atoms with Crippen molar-refractivity contribution in [3.8, 4) is 0 Å². The third kappa shape index (κ3) is 5.61. The molecule has 0 aromatic heterocycles. The highest BCUT2D eigenvalue weighted by Gasteiger charge is 2.13. The Morgan fingerprint density at radius 1 is 1.40 bits per heavy atom. The molecule has 0 bridgehead atoms. The van der Waals surface area contributed by atoms with E-state index in [1.165, 1.54) is 31.0 Å². The van der Waals surface area contributed by atoms with Crippen LogP contribution >= 0.6 is 11.8 Å². The van der Waals surface area contributed by atoms with Crippen molar-refractivity contribution >= 4 is 29.3 Å². The normalized spacial score (nSPS) is 11.8. The van der Waals surface area contributed by atoms with E-state index < -0.39 is 5.82 Å². The Kier molecular flexibility index (Phi) is 7.08. The summed E-state index contributed by atoms with van der Waals surface area (Å²) in [5.41, 5.74) is 0.186. The second kappa shape index (κ2) is 8.58. The molecule has 1 N–H and O–H groups in total. The summed E-state index contributed by atoms with van der Waals surface area (Å²) in [6.07, 6.45) is 0.271. The third-order valence-electron chi connectivity index (χ3n) is 2.59. The van der Waals surface area contributed by atoms with Gasteiger partial charge in [-0.05, 0) is 12.1 Å². The van der Waals surface area contributed by atoms with Crippen molar-refractivity contribution in [3.63, 3.8) is 0 Å². The molecule has 0 spiro atoms. The van der Waals surface area contributed by atoms with Crippen molar-refractivity contribution in [3.05, 3.63) is 30.1 Å². The summed E-state index contributed by atoms with van der Waals surface area (Å²) in [6, 6.07) is 6.03. The van der Waals surface area contributed by atoms with Gasteiger partial charge in [0.25, 0.3) is 0 Å². The lowest BCUT2D eigenvalue weighted by Crippen LogP contribution is -2.16. The van der Waals surface area contributed by atoms with Crippen LogP contribution < -0.4 is 5.32 Å². The van der Waals surface area contributed by atoms with Gasteiger partial charge in [-0.3, -0.25) is 9.59 Å². The second-order valence-electron chi connectivity index (χ2n) is 4.28. The van der Waals surface area contributed by atoms with Crippen LogP contribution in [0.3, 0.4) is 0 Å². The number of halogens is 1. The molecule has 1 aromatic carbocycles. The van der Waals surface area contributed by atoms with Gasteiger partial charge in [0.2, 0.25) is 5.91 Å². The number of para-hydroxylation sites is 1. The highest BCUT2D eigenvalue weighted by atomic mass is 32.2. The van der Waals surface area contributed by atoms with E-state index in [1.54, 1.807) is 19.1 Å². The molecular formula is C14H18FNO3S. The summed E-state index contributed by atoms with van der Waals surface area (Å²) < 4.78 is 17.9. The number of hydrogen-bond acceptors (Lipinski definition) is 4. The minimum absolute atomic E-state index is 0.186. The van der Waals surface area contributed by atoms with E-state index in [-0.39, 0.29) is 29.9 Å². The molecule has 0 saturated carbocycles. The smallest absolute Gasteiger partial charge is 0.309 e. The molecular weight excluding hydrogens is 281 g/mol. The highest BCUT2D eigenvalue weighted by molar-refractivity contribution is 7.99. The van der Waals surface area contributed by atoms with Crippen LogP contribution in [-0.4, -0.2) is 30.5 Å². The molecule has 1 atom stereocenters. The zero-order valence-corrected chi connectivity index (χ0v) is 12.3. The number of ether oxygens (including phenoxy) is 1. The van der Waals surface area contributed by atoms with Crippen molar-refractivity contribution in [2.75, 3.05) is 23.9 Å². The monoisotopic (exact) mass is 299 g/mol. The maximum Gasteiger partial charge on any atom is 0.309 e. The molecule has 0 heterocycles. The zero-order chi connectivity index (χ0) is 15.0. The predicted molar refractivity (Wildman–Crippen MR) is 78.2 cm³/mol. The molecule has 1 rings (SSSR count). The van der Waals surface area contributed by atoms with Gasteiger partial charge in [0, 0.05) is 17.9 Å². The quantitative estimate of drug-likeness (QED) is 0.621. The van der Waals surface area contributed by atoms with Gasteiger partial charge < -0.3 is 10.1 Å². The molecule has 6 heteroatoms. The first-order valence-corrected chi connectivity index (χ1v) is 7.40. The molecule has 0 aliphatic carbocycles. The number of benzene rings is 1. The topological polar surface area (TPSA) is 55.4 Å². The Balaban J connectivity index is 2.24. The Morgan fingerprint density at radius 2 is 2.10 bits per heavy atom. The number of hydrogen-bond donors (Lipinski definition) is 1. The number of thioether (sulfide) groups is 1. The lowest BCUT2D eigenvalue weighted by molar-refractivity contribution is -0.144. The molecule has 0 aliphatic heterocycles. The van der Waals surface area contributed by atoms with Crippen LogP contribution in [0, 0.1) is 11.7 Å². The maximum atomic E-state index is 13.3. The summed E-state index contributed by atoms with van der Waals surface area (Å²) in [6.45, 7) is 1.78. The Labute approximate surface area is 122 Å². The molecule has 0 fully saturated rings. The number of carbonyl (C=O) groups is 2. The van der Waals surface area contributed by atoms with Crippen molar-refractivity contribution in [1.82, 2.24) is 0 Å². The first kappa shape index (κ1) is 16.5. The summed E-state index contributed by atoms with van der Waals surface area (Å²) in [4.78, 5) is 22.8. The molecule has 1 amide bonds. The van der Waals surface area contributed by atoms with Crippen LogP contribution in [0.5, 0.6) is 0 Å². The van der Waals surface area contributed by atoms with E-state index in [0.717, 1.165) is 0 Å². The fourth-order valence-corrected chi connectivity index (χ4v) is 2.46. The average Bonchev–Trinajstić information content (AvgIpc) is 2.45. The van der Waals surface area contributed by atoms with Crippen molar-refractivity contribution in [2.45, 2.75) is 13.3 Å². The molecule has 0 radical (unpaired) electrons. The molecule has 1 aromatic rings. The van der Waals surface area contributed by atoms with Gasteiger partial charge in [-0.15, -0.1) is 0 Å². The van der Waals surface area contributed by atoms with Gasteiger partial charge in [-0.25, -0.2) is 4.39 Å². The summed E-state index contributed by atoms with van der Waals surface area (Å²) in [5.74, 6) is 0.0236. The Hall–Kier alpha value is -1.56. The standard InChI is InChI=1S/C14H18FNO3S/c1-10(14(18)19-2)9-20-8-7-13(17)16-12-6-4-3-5-11(12)15/h3-6,10H,7-9H2,1-2H3,(H,16,17). The van der Waals surface area contributed by atoms with Crippen molar-refractivity contribution in [1.29, 1.82) is 0 Å². The molecule has 4 nitrogen and oxygen atoms in total. The number of anilines is 1. The van der Waals surface area contributed by atoms with Gasteiger partial charge in [0.15, 0.2) is 0 Å². The lowest BCUT2D eigenvalue weighted by atomic mass is 10.2. The second-order valence-corrected chi connectivity index (χ2v) is 5.43. The first-order chi connectivity index (χ1) is 9.54. The van der Waals surface area contributed by atoms with Gasteiger partial charge in [-0.2, -0.15) is 11.8 Å². The maximum absolute atomic E-state index is 13.3. The van der Waals surface area contributed by atoms with Crippen molar-refractivity contribution in [2.24, 2.45) is 5.92 Å². The fraction of sp³-hybridized carbons (Fsp3) is 0.429. The lowest BCUT2D eigenvalue weighted by Gasteiger charge is -2.09. The molecule has 110 valence electrons. The molecule has 0 aliphatic rings. The molecule has 20 heavy (non-hydrogen) atoms. The van der Waals surface area contributed by atoms with E-state index in [4.69, 9.17) is 0 Å². The SMILES string of the molecule is COC(=O)C(C)CSCCC(=O)Nc1ccccc1F. The van der Waals surface area contributed by atoms with Crippen LogP contribution in [-0.2, 0) is 14.3 Å². The van der Waals surface area contributed by atoms with E-state index in [0.29, 0.717) is 11.5 Å². The van der Waals surface area contributed by atoms with Crippen LogP contribution in [0.15, 0.2) is 24.3 Å². The largest absolute Gasteiger partial charge is 0.469 e. The zero-order valence-electron chi connectivity index (χ0n) is 11.5. The summed E-state index contributed by atoms with van der Waals surface area (Å²) in [7, 11) is 1.35. The average molecular weight is 299 g/mol. The van der Waals surface area contributed by atoms with Crippen LogP contribution in [0.1, 0.15) is 13.3 Å². The van der Waals surface area contributed by atoms with E-state index in [9.17, 15) is 14.0 Å². The van der Waals surface area contributed by atoms with Gasteiger partial charge in [0.1, 0.15) is 5.82 Å². The highest BCUT2D eigenvalue weighted by Crippen LogP contribution is 2.14. The van der Waals surface area contributed by atoms with E-state index in [2.05, 4.69) is 10.1 Å². The first-order valence-electron chi connectivity index (χ1n) is 6.24. The van der Waals surface area contributed by atoms with Crippen LogP contribution in [0.25, 0.3) is 0 Å². The number of methoxy groups -OCH3 is 1. The minimum atomic E-state index is -0.451. The van der Waals surface area contributed by atoms with E-state index in [1.807, 2.05) is 0 Å². The summed E-state index contributed by atoms with van der Waals surface area (Å²) >= 11 is 1.49. The minimum Gasteiger partial charge on any atom is -0.469 e. The van der Waals surface area contributed by atoms with E-state index >= 15 is 0 Å². The Bertz CT molecular complexity index is 467. The number of rotatable bonds is 7. The van der Waals surface area contributed by atoms with Crippen LogP contribution in [0.4, 0.5) is 10.1 Å². The Morgan fingerprint density at radius 3 is 2.75 bits per heavy atom. The number of carbonyl (C=O) groups excluding carboxylic acids is 2. The summed E-state index contributed by atoms with van der Waals surface area (Å²) in [5, 5.41) is 2.51. The molecule has 1 unspecified atom stereocenters. The third-order valence-corrected chi connectivity index (χ3v) is 3.82. The van der Waals surface area contributed by atoms with Gasteiger partial charge in [-0.1, -0.05) is 19.1 Å². The number of amides is 1. The molecule has 0 saturated heterocycles. The number of esters is 1. The van der Waals surface area contributed by atoms with Crippen molar-refractivity contribution < 1.29 is 18.7 Å². The van der Waals surface area contributed by atoms with Crippen LogP contribution in [0.2, 0.25) is 0 Å². The fourth-order valence-electron chi connectivity index (χ4n) is 1.47. The predicted octanol–water partition coefficient (Wildman–Crippen LogP) is 2.70. The van der Waals surface area contributed by atoms with Gasteiger partial charge in [0.05, 0.1) is 18.7 Å². The number of nitrogens with one attached hydrogen (secondary N) is 1.